The molecule has 164 valence electrons. The van der Waals surface area contributed by atoms with Crippen LogP contribution in [0, 0.1) is 0 Å². The van der Waals surface area contributed by atoms with E-state index in [0.29, 0.717) is 11.2 Å². The van der Waals surface area contributed by atoms with Gasteiger partial charge in [-0.05, 0) is 43.2 Å². The molecule has 1 saturated heterocycles. The summed E-state index contributed by atoms with van der Waals surface area (Å²) < 4.78 is 41.8. The van der Waals surface area contributed by atoms with E-state index in [0.717, 1.165) is 49.3 Å². The average molecular weight is 433 g/mol. The molecule has 0 radical (unpaired) electrons. The van der Waals surface area contributed by atoms with Crippen molar-refractivity contribution in [2.75, 3.05) is 28.6 Å². The lowest BCUT2D eigenvalue weighted by molar-refractivity contribution is -0.137. The van der Waals surface area contributed by atoms with E-state index in [1.165, 1.54) is 16.7 Å². The highest BCUT2D eigenvalue weighted by Gasteiger charge is 2.30. The first-order chi connectivity index (χ1) is 14.6. The summed E-state index contributed by atoms with van der Waals surface area (Å²) >= 11 is 0. The van der Waals surface area contributed by atoms with Gasteiger partial charge in [-0.25, -0.2) is 9.59 Å². The van der Waals surface area contributed by atoms with Crippen molar-refractivity contribution in [1.29, 1.82) is 0 Å². The second-order valence-electron chi connectivity index (χ2n) is 7.61. The quantitative estimate of drug-likeness (QED) is 0.652. The minimum atomic E-state index is -4.50. The highest BCUT2D eigenvalue weighted by atomic mass is 19.4. The van der Waals surface area contributed by atoms with Crippen LogP contribution < -0.4 is 21.2 Å². The third-order valence-corrected chi connectivity index (χ3v) is 5.53. The number of amides is 2. The molecule has 4 rings (SSSR count). The molecule has 0 unspecified atom stereocenters. The van der Waals surface area contributed by atoms with Crippen LogP contribution in [-0.4, -0.2) is 28.3 Å². The van der Waals surface area contributed by atoms with Crippen LogP contribution in [0.5, 0.6) is 0 Å². The van der Waals surface area contributed by atoms with E-state index in [2.05, 4.69) is 15.5 Å². The second kappa shape index (κ2) is 7.68. The number of imidazole rings is 1. The largest absolute Gasteiger partial charge is 0.416 e. The Kier molecular flexibility index (Phi) is 5.16. The Balaban J connectivity index is 1.67. The Morgan fingerprint density at radius 1 is 0.968 bits per heavy atom. The van der Waals surface area contributed by atoms with Gasteiger partial charge in [0.15, 0.2) is 0 Å². The summed E-state index contributed by atoms with van der Waals surface area (Å²) in [5.41, 5.74) is 1.63. The minimum absolute atomic E-state index is 0.0308. The van der Waals surface area contributed by atoms with E-state index in [1.54, 1.807) is 24.7 Å². The van der Waals surface area contributed by atoms with Crippen LogP contribution in [0.3, 0.4) is 0 Å². The van der Waals surface area contributed by atoms with Crippen molar-refractivity contribution in [1.82, 2.24) is 9.13 Å². The molecule has 2 aromatic carbocycles. The van der Waals surface area contributed by atoms with Gasteiger partial charge in [-0.15, -0.1) is 0 Å². The summed E-state index contributed by atoms with van der Waals surface area (Å²) in [6.07, 6.45) is -2.47. The molecule has 2 heterocycles. The highest BCUT2D eigenvalue weighted by Crippen LogP contribution is 2.34. The molecule has 31 heavy (non-hydrogen) atoms. The van der Waals surface area contributed by atoms with E-state index >= 15 is 0 Å². The molecule has 0 aliphatic carbocycles. The van der Waals surface area contributed by atoms with Gasteiger partial charge >= 0.3 is 17.9 Å². The third kappa shape index (κ3) is 3.97. The molecule has 2 N–H and O–H groups in total. The van der Waals surface area contributed by atoms with E-state index in [1.807, 2.05) is 6.07 Å². The summed E-state index contributed by atoms with van der Waals surface area (Å²) in [5, 5.41) is 5.20. The van der Waals surface area contributed by atoms with E-state index < -0.39 is 17.8 Å². The van der Waals surface area contributed by atoms with Crippen LogP contribution in [0.15, 0.2) is 41.2 Å². The number of anilines is 3. The molecule has 10 heteroatoms. The SMILES string of the molecule is Cn1c(=O)n(C)c2cc(N3CCCC3)c(NC(=O)Nc3cccc(C(F)(F)F)c3)cc21. The number of hydrogen-bond donors (Lipinski definition) is 2. The normalized spacial score (nSPS) is 14.3. The van der Waals surface area contributed by atoms with Crippen molar-refractivity contribution in [2.24, 2.45) is 14.1 Å². The van der Waals surface area contributed by atoms with Crippen LogP contribution in [-0.2, 0) is 20.3 Å². The molecule has 7 nitrogen and oxygen atoms in total. The molecule has 1 aliphatic rings. The van der Waals surface area contributed by atoms with Crippen molar-refractivity contribution < 1.29 is 18.0 Å². The molecular formula is C21H22F3N5O2. The summed E-state index contributed by atoms with van der Waals surface area (Å²) in [4.78, 5) is 27.1. The van der Waals surface area contributed by atoms with E-state index in [-0.39, 0.29) is 11.4 Å². The molecule has 1 aliphatic heterocycles. The number of benzene rings is 2. The summed E-state index contributed by atoms with van der Waals surface area (Å²) in [6, 6.07) is 7.36. The standard InChI is InChI=1S/C21H22F3N5O2/c1-27-17-11-15(16(29-8-3-4-9-29)12-18(17)28(2)20(27)31)26-19(30)25-14-7-5-6-13(10-14)21(22,23)24/h5-7,10-12H,3-4,8-9H2,1-2H3,(H2,25,26,30). The molecule has 0 saturated carbocycles. The number of aryl methyl sites for hydroxylation is 2. The van der Waals surface area contributed by atoms with Gasteiger partial charge in [0, 0.05) is 32.9 Å². The smallest absolute Gasteiger partial charge is 0.370 e. The van der Waals surface area contributed by atoms with E-state index in [9.17, 15) is 22.8 Å². The van der Waals surface area contributed by atoms with Crippen molar-refractivity contribution in [3.8, 4) is 0 Å². The molecule has 3 aromatic rings. The molecule has 1 fully saturated rings. The predicted molar refractivity (Wildman–Crippen MR) is 114 cm³/mol. The lowest BCUT2D eigenvalue weighted by Crippen LogP contribution is -2.24. The zero-order valence-electron chi connectivity index (χ0n) is 17.1. The van der Waals surface area contributed by atoms with Gasteiger partial charge in [-0.1, -0.05) is 6.07 Å². The van der Waals surface area contributed by atoms with Gasteiger partial charge in [-0.3, -0.25) is 9.13 Å². The van der Waals surface area contributed by atoms with Gasteiger partial charge in [0.2, 0.25) is 0 Å². The fourth-order valence-electron chi connectivity index (χ4n) is 3.91. The maximum atomic E-state index is 12.9. The number of halogens is 3. The fraction of sp³-hybridized carbons (Fsp3) is 0.333. The summed E-state index contributed by atoms with van der Waals surface area (Å²) in [5.74, 6) is 0. The number of urea groups is 1. The Hall–Kier alpha value is -3.43. The molecule has 0 bridgehead atoms. The van der Waals surface area contributed by atoms with Crippen LogP contribution in [0.1, 0.15) is 18.4 Å². The topological polar surface area (TPSA) is 71.3 Å². The maximum absolute atomic E-state index is 12.9. The van der Waals surface area contributed by atoms with E-state index in [4.69, 9.17) is 0 Å². The van der Waals surface area contributed by atoms with Crippen LogP contribution >= 0.6 is 0 Å². The van der Waals surface area contributed by atoms with Gasteiger partial charge in [0.25, 0.3) is 0 Å². The van der Waals surface area contributed by atoms with Crippen molar-refractivity contribution in [3.63, 3.8) is 0 Å². The number of carbonyl (C=O) groups excluding carboxylic acids is 1. The summed E-state index contributed by atoms with van der Waals surface area (Å²) in [7, 11) is 3.33. The van der Waals surface area contributed by atoms with Crippen LogP contribution in [0.2, 0.25) is 0 Å². The average Bonchev–Trinajstić information content (AvgIpc) is 3.31. The Morgan fingerprint density at radius 3 is 2.26 bits per heavy atom. The number of carbonyl (C=O) groups is 1. The third-order valence-electron chi connectivity index (χ3n) is 5.53. The number of hydrogen-bond acceptors (Lipinski definition) is 3. The number of rotatable bonds is 3. The predicted octanol–water partition coefficient (Wildman–Crippen LogP) is 4.14. The number of alkyl halides is 3. The van der Waals surface area contributed by atoms with Crippen molar-refractivity contribution in [2.45, 2.75) is 19.0 Å². The maximum Gasteiger partial charge on any atom is 0.416 e. The molecule has 0 spiro atoms. The number of aromatic nitrogens is 2. The first-order valence-electron chi connectivity index (χ1n) is 9.85. The molecule has 1 aromatic heterocycles. The van der Waals surface area contributed by atoms with Gasteiger partial charge in [0.1, 0.15) is 0 Å². The monoisotopic (exact) mass is 433 g/mol. The molecule has 0 atom stereocenters. The molecular weight excluding hydrogens is 411 g/mol. The van der Waals surface area contributed by atoms with Gasteiger partial charge < -0.3 is 15.5 Å². The van der Waals surface area contributed by atoms with Crippen molar-refractivity contribution in [3.05, 3.63) is 52.4 Å². The number of nitrogens with zero attached hydrogens (tertiary/aromatic N) is 3. The van der Waals surface area contributed by atoms with Crippen LogP contribution in [0.25, 0.3) is 11.0 Å². The lowest BCUT2D eigenvalue weighted by atomic mass is 10.2. The van der Waals surface area contributed by atoms with Crippen molar-refractivity contribution >= 4 is 34.1 Å². The lowest BCUT2D eigenvalue weighted by Gasteiger charge is -2.22. The van der Waals surface area contributed by atoms with Crippen LogP contribution in [0.4, 0.5) is 35.0 Å². The first kappa shape index (κ1) is 20.8. The Morgan fingerprint density at radius 2 is 1.61 bits per heavy atom. The Bertz CT molecular complexity index is 1210. The zero-order valence-corrected chi connectivity index (χ0v) is 17.1. The number of fused-ring (bicyclic) bond motifs is 1. The summed E-state index contributed by atoms with van der Waals surface area (Å²) in [6.45, 7) is 1.63. The highest BCUT2D eigenvalue weighted by molar-refractivity contribution is 6.04. The first-order valence-corrected chi connectivity index (χ1v) is 9.85. The Labute approximate surface area is 176 Å². The second-order valence-corrected chi connectivity index (χ2v) is 7.61. The van der Waals surface area contributed by atoms with Gasteiger partial charge in [0.05, 0.1) is 28.0 Å². The molecule has 2 amide bonds. The zero-order chi connectivity index (χ0) is 22.3. The fourth-order valence-corrected chi connectivity index (χ4v) is 3.91. The number of nitrogens with one attached hydrogen (secondary N) is 2. The van der Waals surface area contributed by atoms with Gasteiger partial charge in [-0.2, -0.15) is 13.2 Å². The minimum Gasteiger partial charge on any atom is -0.370 e.